The summed E-state index contributed by atoms with van der Waals surface area (Å²) in [5.41, 5.74) is -2.11. The van der Waals surface area contributed by atoms with Crippen molar-refractivity contribution in [3.63, 3.8) is 0 Å². The molecule has 2 aromatic heterocycles. The lowest BCUT2D eigenvalue weighted by atomic mass is 9.99. The Bertz CT molecular complexity index is 799. The first-order valence-electron chi connectivity index (χ1n) is 6.72. The first-order chi connectivity index (χ1) is 10.6. The van der Waals surface area contributed by atoms with Crippen LogP contribution in [0.15, 0.2) is 34.2 Å². The van der Waals surface area contributed by atoms with Crippen LogP contribution < -0.4 is 11.2 Å². The monoisotopic (exact) mass is 307 g/mol. The minimum atomic E-state index is -1.00. The molecule has 116 valence electrons. The second kappa shape index (κ2) is 4.60. The summed E-state index contributed by atoms with van der Waals surface area (Å²) < 4.78 is 14.2. The van der Waals surface area contributed by atoms with Crippen LogP contribution in [0.4, 0.5) is 0 Å². The van der Waals surface area contributed by atoms with Crippen molar-refractivity contribution in [1.29, 1.82) is 0 Å². The highest BCUT2D eigenvalue weighted by molar-refractivity contribution is 5.07. The Morgan fingerprint density at radius 1 is 1.45 bits per heavy atom. The minimum absolute atomic E-state index is 0.188. The standard InChI is InChI=1S/C12H13N5O5/c18-7-1-3-17(11(20)14-7)10-8-9(19)12(22-10,6-21-8)5-16-4-2-13-15-16/h1-4,8-10,19H,5-6H2,(H,14,18,20)/t8-,9+,10-,12+/m1/s1. The number of hydrogen-bond acceptors (Lipinski definition) is 7. The number of ether oxygens (including phenoxy) is 2. The topological polar surface area (TPSA) is 124 Å². The number of aromatic nitrogens is 5. The molecule has 2 aromatic rings. The average molecular weight is 307 g/mol. The van der Waals surface area contributed by atoms with Crippen LogP contribution in [-0.2, 0) is 16.0 Å². The number of rotatable bonds is 3. The lowest BCUT2D eigenvalue weighted by Crippen LogP contribution is -2.45. The van der Waals surface area contributed by atoms with E-state index >= 15 is 0 Å². The van der Waals surface area contributed by atoms with Gasteiger partial charge < -0.3 is 14.6 Å². The van der Waals surface area contributed by atoms with Gasteiger partial charge in [-0.3, -0.25) is 14.3 Å². The summed E-state index contributed by atoms with van der Waals surface area (Å²) in [6, 6.07) is 1.22. The van der Waals surface area contributed by atoms with Gasteiger partial charge in [-0.25, -0.2) is 9.48 Å². The molecule has 2 fully saturated rings. The highest BCUT2D eigenvalue weighted by Gasteiger charge is 2.62. The van der Waals surface area contributed by atoms with Gasteiger partial charge >= 0.3 is 5.69 Å². The summed E-state index contributed by atoms with van der Waals surface area (Å²) in [5.74, 6) is 0. The quantitative estimate of drug-likeness (QED) is 0.662. The molecule has 0 aromatic carbocycles. The van der Waals surface area contributed by atoms with Crippen LogP contribution in [0.3, 0.4) is 0 Å². The van der Waals surface area contributed by atoms with Crippen LogP contribution in [0.2, 0.25) is 0 Å². The molecule has 0 amide bonds. The zero-order valence-electron chi connectivity index (χ0n) is 11.3. The highest BCUT2D eigenvalue weighted by atomic mass is 16.6. The fourth-order valence-corrected chi connectivity index (χ4v) is 2.97. The number of fused-ring (bicyclic) bond motifs is 2. The SMILES string of the molecule is O=c1ccn([C@@H]2O[C@@]3(Cn4ccnn4)CO[C@@H]2[C@@H]3O)c(=O)[nH]1. The van der Waals surface area contributed by atoms with Crippen molar-refractivity contribution in [2.24, 2.45) is 0 Å². The maximum atomic E-state index is 11.9. The molecule has 10 heteroatoms. The molecule has 2 aliphatic heterocycles. The molecule has 4 heterocycles. The maximum Gasteiger partial charge on any atom is 0.330 e. The summed E-state index contributed by atoms with van der Waals surface area (Å²) in [5, 5.41) is 18.0. The van der Waals surface area contributed by atoms with Gasteiger partial charge in [-0.1, -0.05) is 5.21 Å². The molecule has 2 aliphatic rings. The van der Waals surface area contributed by atoms with Crippen molar-refractivity contribution < 1.29 is 14.6 Å². The fraction of sp³-hybridized carbons (Fsp3) is 0.500. The Balaban J connectivity index is 1.68. The predicted octanol–water partition coefficient (Wildman–Crippen LogP) is -2.14. The zero-order chi connectivity index (χ0) is 15.3. The molecule has 2 bridgehead atoms. The maximum absolute atomic E-state index is 11.9. The van der Waals surface area contributed by atoms with Crippen molar-refractivity contribution in [2.75, 3.05) is 6.61 Å². The summed E-state index contributed by atoms with van der Waals surface area (Å²) >= 11 is 0. The third-order valence-corrected chi connectivity index (χ3v) is 4.03. The Morgan fingerprint density at radius 2 is 2.32 bits per heavy atom. The molecule has 0 radical (unpaired) electrons. The Hall–Kier alpha value is -2.30. The van der Waals surface area contributed by atoms with E-state index in [1.165, 1.54) is 27.7 Å². The van der Waals surface area contributed by atoms with Crippen molar-refractivity contribution in [3.8, 4) is 0 Å². The molecule has 10 nitrogen and oxygen atoms in total. The number of nitrogens with one attached hydrogen (secondary N) is 1. The van der Waals surface area contributed by atoms with Crippen molar-refractivity contribution in [3.05, 3.63) is 45.5 Å². The van der Waals surface area contributed by atoms with E-state index in [2.05, 4.69) is 15.3 Å². The lowest BCUT2D eigenvalue weighted by molar-refractivity contribution is -0.180. The van der Waals surface area contributed by atoms with E-state index in [1.54, 1.807) is 6.20 Å². The number of aromatic amines is 1. The van der Waals surface area contributed by atoms with Crippen LogP contribution in [0, 0.1) is 0 Å². The predicted molar refractivity (Wildman–Crippen MR) is 69.9 cm³/mol. The Kier molecular flexibility index (Phi) is 2.79. The van der Waals surface area contributed by atoms with Gasteiger partial charge in [0, 0.05) is 18.5 Å². The van der Waals surface area contributed by atoms with E-state index in [4.69, 9.17) is 9.47 Å². The first kappa shape index (κ1) is 13.4. The molecular weight excluding hydrogens is 294 g/mol. The van der Waals surface area contributed by atoms with Gasteiger partial charge in [0.15, 0.2) is 6.23 Å². The molecular formula is C12H13N5O5. The molecule has 4 atom stereocenters. The van der Waals surface area contributed by atoms with Crippen LogP contribution >= 0.6 is 0 Å². The zero-order valence-corrected chi connectivity index (χ0v) is 11.3. The van der Waals surface area contributed by atoms with E-state index in [9.17, 15) is 14.7 Å². The van der Waals surface area contributed by atoms with E-state index < -0.39 is 35.3 Å². The number of nitrogens with zero attached hydrogens (tertiary/aromatic N) is 4. The molecule has 2 N–H and O–H groups in total. The van der Waals surface area contributed by atoms with Crippen molar-refractivity contribution >= 4 is 0 Å². The molecule has 4 rings (SSSR count). The van der Waals surface area contributed by atoms with Gasteiger partial charge in [0.25, 0.3) is 5.56 Å². The fourth-order valence-electron chi connectivity index (χ4n) is 2.97. The number of H-pyrrole nitrogens is 1. The van der Waals surface area contributed by atoms with Gasteiger partial charge in [-0.2, -0.15) is 0 Å². The molecule has 22 heavy (non-hydrogen) atoms. The molecule has 0 saturated carbocycles. The van der Waals surface area contributed by atoms with Crippen molar-refractivity contribution in [2.45, 2.75) is 30.6 Å². The normalized spacial score (nSPS) is 33.4. The molecule has 2 saturated heterocycles. The van der Waals surface area contributed by atoms with Crippen LogP contribution in [0.1, 0.15) is 6.23 Å². The van der Waals surface area contributed by atoms with Gasteiger partial charge in [0.05, 0.1) is 19.3 Å². The van der Waals surface area contributed by atoms with Gasteiger partial charge in [0.1, 0.15) is 17.8 Å². The highest BCUT2D eigenvalue weighted by Crippen LogP contribution is 2.45. The summed E-state index contributed by atoms with van der Waals surface area (Å²) in [6.45, 7) is 0.437. The van der Waals surface area contributed by atoms with Crippen molar-refractivity contribution in [1.82, 2.24) is 24.5 Å². The first-order valence-corrected chi connectivity index (χ1v) is 6.72. The van der Waals surface area contributed by atoms with Crippen LogP contribution in [-0.4, -0.2) is 54.1 Å². The van der Waals surface area contributed by atoms with Gasteiger partial charge in [0.2, 0.25) is 0 Å². The Labute approximate surface area is 122 Å². The summed E-state index contributed by atoms with van der Waals surface area (Å²) in [4.78, 5) is 25.2. The van der Waals surface area contributed by atoms with E-state index in [-0.39, 0.29) is 13.2 Å². The summed E-state index contributed by atoms with van der Waals surface area (Å²) in [6.07, 6.45) is 2.09. The van der Waals surface area contributed by atoms with E-state index in [1.807, 2.05) is 0 Å². The van der Waals surface area contributed by atoms with Crippen LogP contribution in [0.5, 0.6) is 0 Å². The number of aliphatic hydroxyl groups excluding tert-OH is 1. The van der Waals surface area contributed by atoms with E-state index in [0.29, 0.717) is 0 Å². The van der Waals surface area contributed by atoms with E-state index in [0.717, 1.165) is 0 Å². The third-order valence-electron chi connectivity index (χ3n) is 4.03. The number of hydrogen-bond donors (Lipinski definition) is 2. The second-order valence-electron chi connectivity index (χ2n) is 5.41. The van der Waals surface area contributed by atoms with Gasteiger partial charge in [-0.15, -0.1) is 5.10 Å². The summed E-state index contributed by atoms with van der Waals surface area (Å²) in [7, 11) is 0. The second-order valence-corrected chi connectivity index (χ2v) is 5.41. The lowest BCUT2D eigenvalue weighted by Gasteiger charge is -2.30. The average Bonchev–Trinajstić information content (AvgIpc) is 3.15. The molecule has 0 spiro atoms. The largest absolute Gasteiger partial charge is 0.387 e. The molecule has 0 unspecified atom stereocenters. The third kappa shape index (κ3) is 1.85. The molecule has 0 aliphatic carbocycles. The number of aliphatic hydroxyl groups is 1. The Morgan fingerprint density at radius 3 is 3.05 bits per heavy atom. The smallest absolute Gasteiger partial charge is 0.330 e. The minimum Gasteiger partial charge on any atom is -0.387 e. The van der Waals surface area contributed by atoms with Crippen LogP contribution in [0.25, 0.3) is 0 Å². The van der Waals surface area contributed by atoms with Gasteiger partial charge in [-0.05, 0) is 0 Å².